The molecular weight excluding hydrogens is 114 g/mol. The lowest BCUT2D eigenvalue weighted by Crippen LogP contribution is -2.51. The Morgan fingerprint density at radius 3 is 2.00 bits per heavy atom. The van der Waals surface area contributed by atoms with Crippen LogP contribution in [0.3, 0.4) is 0 Å². The molecule has 2 heteroatoms. The van der Waals surface area contributed by atoms with E-state index in [9.17, 15) is 0 Å². The van der Waals surface area contributed by atoms with Crippen LogP contribution in [0.5, 0.6) is 0 Å². The minimum atomic E-state index is -0.132. The summed E-state index contributed by atoms with van der Waals surface area (Å²) in [4.78, 5) is 0. The second-order valence-electron chi connectivity index (χ2n) is 3.53. The zero-order valence-electron chi connectivity index (χ0n) is 6.40. The third-order valence-corrected chi connectivity index (χ3v) is 2.46. The van der Waals surface area contributed by atoms with Gasteiger partial charge in [0.25, 0.3) is 0 Å². The molecule has 1 aliphatic heterocycles. The van der Waals surface area contributed by atoms with Crippen LogP contribution in [0.4, 0.5) is 0 Å². The van der Waals surface area contributed by atoms with E-state index in [2.05, 4.69) is 0 Å². The number of hydrogen-bond acceptors (Lipinski definition) is 2. The Morgan fingerprint density at radius 2 is 1.89 bits per heavy atom. The van der Waals surface area contributed by atoms with Gasteiger partial charge >= 0.3 is 0 Å². The fourth-order valence-electron chi connectivity index (χ4n) is 0.984. The molecule has 0 aliphatic carbocycles. The van der Waals surface area contributed by atoms with Crippen LogP contribution in [0.25, 0.3) is 0 Å². The second-order valence-corrected chi connectivity index (χ2v) is 3.53. The predicted octanol–water partition coefficient (Wildman–Crippen LogP) is 0.903. The zero-order valence-corrected chi connectivity index (χ0v) is 6.40. The summed E-state index contributed by atoms with van der Waals surface area (Å²) in [5.74, 6) is 0. The maximum absolute atomic E-state index is 5.93. The molecule has 0 bridgehead atoms. The van der Waals surface area contributed by atoms with Crippen molar-refractivity contribution in [3.05, 3.63) is 0 Å². The van der Waals surface area contributed by atoms with E-state index in [1.54, 1.807) is 0 Å². The van der Waals surface area contributed by atoms with Gasteiger partial charge in [-0.1, -0.05) is 0 Å². The van der Waals surface area contributed by atoms with Crippen LogP contribution in [0, 0.1) is 0 Å². The molecule has 1 saturated heterocycles. The smallest absolute Gasteiger partial charge is 0.0803 e. The van der Waals surface area contributed by atoms with Crippen LogP contribution in [0.1, 0.15) is 27.2 Å². The van der Waals surface area contributed by atoms with Gasteiger partial charge in [-0.2, -0.15) is 0 Å². The van der Waals surface area contributed by atoms with E-state index in [4.69, 9.17) is 10.5 Å². The Hall–Kier alpha value is -0.0800. The van der Waals surface area contributed by atoms with Gasteiger partial charge < -0.3 is 10.5 Å². The van der Waals surface area contributed by atoms with Crippen molar-refractivity contribution in [3.8, 4) is 0 Å². The average molecular weight is 129 g/mol. The molecule has 0 radical (unpaired) electrons. The average Bonchev–Trinajstić information content (AvgIpc) is 1.81. The minimum absolute atomic E-state index is 0.132. The van der Waals surface area contributed by atoms with Crippen molar-refractivity contribution in [2.45, 2.75) is 38.3 Å². The van der Waals surface area contributed by atoms with Crippen LogP contribution in [-0.4, -0.2) is 17.7 Å². The van der Waals surface area contributed by atoms with E-state index in [0.717, 1.165) is 13.0 Å². The summed E-state index contributed by atoms with van der Waals surface area (Å²) in [6, 6.07) is 0. The first-order valence-corrected chi connectivity index (χ1v) is 3.39. The molecule has 1 aliphatic rings. The van der Waals surface area contributed by atoms with Crippen LogP contribution < -0.4 is 5.73 Å². The fourth-order valence-corrected chi connectivity index (χ4v) is 0.984. The zero-order chi connectivity index (χ0) is 7.12. The van der Waals surface area contributed by atoms with Crippen LogP contribution in [0.15, 0.2) is 0 Å². The lowest BCUT2D eigenvalue weighted by Gasteiger charge is -2.32. The summed E-state index contributed by atoms with van der Waals surface area (Å²) in [6.45, 7) is 6.93. The van der Waals surface area contributed by atoms with Gasteiger partial charge in [-0.15, -0.1) is 0 Å². The van der Waals surface area contributed by atoms with Crippen molar-refractivity contribution in [1.82, 2.24) is 0 Å². The summed E-state index contributed by atoms with van der Waals surface area (Å²) >= 11 is 0. The number of nitrogens with two attached hydrogens (primary N) is 1. The highest BCUT2D eigenvalue weighted by Crippen LogP contribution is 2.32. The summed E-state index contributed by atoms with van der Waals surface area (Å²) in [5.41, 5.74) is 5.67. The molecule has 0 aromatic heterocycles. The lowest BCUT2D eigenvalue weighted by molar-refractivity contribution is 0.00535. The van der Waals surface area contributed by atoms with Gasteiger partial charge in [-0.25, -0.2) is 0 Å². The van der Waals surface area contributed by atoms with Gasteiger partial charge in [0, 0.05) is 12.1 Å². The van der Waals surface area contributed by atoms with E-state index in [0.29, 0.717) is 0 Å². The number of ether oxygens (including phenoxy) is 1. The van der Waals surface area contributed by atoms with E-state index in [-0.39, 0.29) is 11.1 Å². The number of rotatable bonds is 0. The van der Waals surface area contributed by atoms with Gasteiger partial charge in [0.05, 0.1) is 5.60 Å². The first kappa shape index (κ1) is 7.03. The molecule has 1 atom stereocenters. The van der Waals surface area contributed by atoms with E-state index in [1.165, 1.54) is 0 Å². The molecule has 0 aromatic rings. The summed E-state index contributed by atoms with van der Waals surface area (Å²) in [7, 11) is 0. The third-order valence-electron chi connectivity index (χ3n) is 2.46. The summed E-state index contributed by atoms with van der Waals surface area (Å²) in [6.07, 6.45) is 0.972. The van der Waals surface area contributed by atoms with Crippen LogP contribution >= 0.6 is 0 Å². The monoisotopic (exact) mass is 129 g/mol. The predicted molar refractivity (Wildman–Crippen MR) is 37.2 cm³/mol. The molecule has 0 spiro atoms. The molecule has 54 valence electrons. The van der Waals surface area contributed by atoms with Crippen molar-refractivity contribution in [3.63, 3.8) is 0 Å². The Labute approximate surface area is 56.4 Å². The fraction of sp³-hybridized carbons (Fsp3) is 1.00. The molecule has 1 heterocycles. The van der Waals surface area contributed by atoms with Crippen LogP contribution in [-0.2, 0) is 4.74 Å². The first-order chi connectivity index (χ1) is 3.96. The summed E-state index contributed by atoms with van der Waals surface area (Å²) < 4.78 is 5.43. The molecular formula is C7H15NO. The van der Waals surface area contributed by atoms with Gasteiger partial charge in [-0.3, -0.25) is 0 Å². The molecule has 1 rings (SSSR count). The largest absolute Gasteiger partial charge is 0.374 e. The van der Waals surface area contributed by atoms with E-state index in [1.807, 2.05) is 20.8 Å². The third kappa shape index (κ3) is 0.970. The highest BCUT2D eigenvalue weighted by Gasteiger charge is 2.43. The SMILES string of the molecule is CC1(C)OCC[C@]1(C)N. The Balaban J connectivity index is 2.75. The Morgan fingerprint density at radius 1 is 1.33 bits per heavy atom. The van der Waals surface area contributed by atoms with Crippen molar-refractivity contribution < 1.29 is 4.74 Å². The summed E-state index contributed by atoms with van der Waals surface area (Å²) in [5, 5.41) is 0. The maximum atomic E-state index is 5.93. The Kier molecular flexibility index (Phi) is 1.33. The number of hydrogen-bond donors (Lipinski definition) is 1. The molecule has 0 amide bonds. The van der Waals surface area contributed by atoms with E-state index < -0.39 is 0 Å². The van der Waals surface area contributed by atoms with E-state index >= 15 is 0 Å². The molecule has 2 nitrogen and oxygen atoms in total. The van der Waals surface area contributed by atoms with Gasteiger partial charge in [-0.05, 0) is 27.2 Å². The molecule has 2 N–H and O–H groups in total. The quantitative estimate of drug-likeness (QED) is 0.527. The molecule has 1 fully saturated rings. The standard InChI is InChI=1S/C7H15NO/c1-6(2)7(3,8)4-5-9-6/h4-5,8H2,1-3H3/t7-/m0/s1. The molecule has 0 saturated carbocycles. The molecule has 9 heavy (non-hydrogen) atoms. The van der Waals surface area contributed by atoms with Crippen molar-refractivity contribution in [1.29, 1.82) is 0 Å². The molecule has 0 aromatic carbocycles. The van der Waals surface area contributed by atoms with Crippen molar-refractivity contribution in [2.24, 2.45) is 5.73 Å². The van der Waals surface area contributed by atoms with Crippen LogP contribution in [0.2, 0.25) is 0 Å². The highest BCUT2D eigenvalue weighted by atomic mass is 16.5. The maximum Gasteiger partial charge on any atom is 0.0803 e. The van der Waals surface area contributed by atoms with Crippen molar-refractivity contribution in [2.75, 3.05) is 6.61 Å². The molecule has 0 unspecified atom stereocenters. The van der Waals surface area contributed by atoms with Gasteiger partial charge in [0.1, 0.15) is 0 Å². The highest BCUT2D eigenvalue weighted by molar-refractivity contribution is 4.99. The normalized spacial score (nSPS) is 41.3. The Bertz CT molecular complexity index is 104. The minimum Gasteiger partial charge on any atom is -0.374 e. The van der Waals surface area contributed by atoms with Gasteiger partial charge in [0.15, 0.2) is 0 Å². The van der Waals surface area contributed by atoms with Crippen molar-refractivity contribution >= 4 is 0 Å². The first-order valence-electron chi connectivity index (χ1n) is 3.39. The second kappa shape index (κ2) is 1.70. The van der Waals surface area contributed by atoms with Gasteiger partial charge in [0.2, 0.25) is 0 Å². The lowest BCUT2D eigenvalue weighted by atomic mass is 9.85. The topological polar surface area (TPSA) is 35.2 Å².